The Kier molecular flexibility index (Phi) is 5.53. The summed E-state index contributed by atoms with van der Waals surface area (Å²) < 4.78 is 0. The van der Waals surface area contributed by atoms with Crippen LogP contribution in [-0.4, -0.2) is 23.9 Å². The average Bonchev–Trinajstić information content (AvgIpc) is 2.37. The minimum Gasteiger partial charge on any atom is -0.353 e. The smallest absolute Gasteiger partial charge is 0.269 e. The molecule has 6 nitrogen and oxygen atoms in total. The largest absolute Gasteiger partial charge is 0.353 e. The SMILES string of the molecule is NCCCNC(=O)/C=C/c1ccc([N+](=O)[O-])cc1. The molecular formula is C12H15N3O3. The molecular weight excluding hydrogens is 234 g/mol. The third kappa shape index (κ3) is 4.75. The van der Waals surface area contributed by atoms with Crippen molar-refractivity contribution in [2.75, 3.05) is 13.1 Å². The van der Waals surface area contributed by atoms with E-state index in [9.17, 15) is 14.9 Å². The second-order valence-electron chi connectivity index (χ2n) is 3.62. The van der Waals surface area contributed by atoms with E-state index < -0.39 is 4.92 Å². The lowest BCUT2D eigenvalue weighted by atomic mass is 10.2. The van der Waals surface area contributed by atoms with Crippen LogP contribution in [0.4, 0.5) is 5.69 Å². The highest BCUT2D eigenvalue weighted by Gasteiger charge is 2.02. The van der Waals surface area contributed by atoms with Crippen LogP contribution in [0.5, 0.6) is 0 Å². The van der Waals surface area contributed by atoms with Crippen LogP contribution in [0.1, 0.15) is 12.0 Å². The lowest BCUT2D eigenvalue weighted by molar-refractivity contribution is -0.384. The van der Waals surface area contributed by atoms with E-state index in [0.29, 0.717) is 13.1 Å². The minimum absolute atomic E-state index is 0.0274. The van der Waals surface area contributed by atoms with Gasteiger partial charge in [-0.15, -0.1) is 0 Å². The van der Waals surface area contributed by atoms with Crippen molar-refractivity contribution in [1.82, 2.24) is 5.32 Å². The Labute approximate surface area is 105 Å². The lowest BCUT2D eigenvalue weighted by Crippen LogP contribution is -2.23. The van der Waals surface area contributed by atoms with Gasteiger partial charge < -0.3 is 11.1 Å². The molecule has 0 spiro atoms. The van der Waals surface area contributed by atoms with Crippen LogP contribution in [0.3, 0.4) is 0 Å². The van der Waals surface area contributed by atoms with Gasteiger partial charge in [0.1, 0.15) is 0 Å². The van der Waals surface area contributed by atoms with Crippen molar-refractivity contribution in [3.8, 4) is 0 Å². The number of amides is 1. The maximum Gasteiger partial charge on any atom is 0.269 e. The normalized spacial score (nSPS) is 10.5. The number of nitrogens with zero attached hydrogens (tertiary/aromatic N) is 1. The molecule has 1 rings (SSSR count). The summed E-state index contributed by atoms with van der Waals surface area (Å²) in [6, 6.07) is 5.96. The third-order valence-electron chi connectivity index (χ3n) is 2.21. The Morgan fingerprint density at radius 1 is 1.39 bits per heavy atom. The first kappa shape index (κ1) is 13.9. The molecule has 0 aliphatic heterocycles. The molecule has 0 heterocycles. The van der Waals surface area contributed by atoms with Gasteiger partial charge in [0.15, 0.2) is 0 Å². The number of benzene rings is 1. The van der Waals surface area contributed by atoms with E-state index in [0.717, 1.165) is 12.0 Å². The standard InChI is InChI=1S/C12H15N3O3/c13-8-1-9-14-12(16)7-4-10-2-5-11(6-3-10)15(17)18/h2-7H,1,8-9,13H2,(H,14,16)/b7-4+. The van der Waals surface area contributed by atoms with Gasteiger partial charge in [-0.25, -0.2) is 0 Å². The van der Waals surface area contributed by atoms with E-state index in [1.165, 1.54) is 18.2 Å². The first-order chi connectivity index (χ1) is 8.63. The molecule has 1 amide bonds. The Balaban J connectivity index is 2.51. The first-order valence-electron chi connectivity index (χ1n) is 5.54. The quantitative estimate of drug-likeness (QED) is 0.341. The lowest BCUT2D eigenvalue weighted by Gasteiger charge is -1.99. The number of nitro groups is 1. The fourth-order valence-corrected chi connectivity index (χ4v) is 1.25. The summed E-state index contributed by atoms with van der Waals surface area (Å²) in [6.45, 7) is 1.08. The van der Waals surface area contributed by atoms with Crippen LogP contribution >= 0.6 is 0 Å². The summed E-state index contributed by atoms with van der Waals surface area (Å²) in [5.41, 5.74) is 6.05. The number of nitro benzene ring substituents is 1. The zero-order chi connectivity index (χ0) is 13.4. The number of hydrogen-bond acceptors (Lipinski definition) is 4. The Bertz CT molecular complexity index is 440. The number of rotatable bonds is 6. The van der Waals surface area contributed by atoms with Crippen LogP contribution in [0.2, 0.25) is 0 Å². The molecule has 0 bridgehead atoms. The summed E-state index contributed by atoms with van der Waals surface area (Å²) in [5, 5.41) is 13.1. The summed E-state index contributed by atoms with van der Waals surface area (Å²) >= 11 is 0. The van der Waals surface area contributed by atoms with Crippen LogP contribution in [-0.2, 0) is 4.79 Å². The molecule has 0 unspecified atom stereocenters. The summed E-state index contributed by atoms with van der Waals surface area (Å²) in [4.78, 5) is 21.3. The molecule has 6 heteroatoms. The van der Waals surface area contributed by atoms with Crippen molar-refractivity contribution in [1.29, 1.82) is 0 Å². The van der Waals surface area contributed by atoms with Crippen molar-refractivity contribution >= 4 is 17.7 Å². The fraction of sp³-hybridized carbons (Fsp3) is 0.250. The predicted octanol–water partition coefficient (Wildman–Crippen LogP) is 1.07. The molecule has 3 N–H and O–H groups in total. The third-order valence-corrected chi connectivity index (χ3v) is 2.21. The summed E-state index contributed by atoms with van der Waals surface area (Å²) in [5.74, 6) is -0.207. The topological polar surface area (TPSA) is 98.3 Å². The predicted molar refractivity (Wildman–Crippen MR) is 68.8 cm³/mol. The highest BCUT2D eigenvalue weighted by Crippen LogP contribution is 2.12. The number of nitrogens with two attached hydrogens (primary N) is 1. The molecule has 0 fully saturated rings. The molecule has 0 aliphatic carbocycles. The summed E-state index contributed by atoms with van der Waals surface area (Å²) in [7, 11) is 0. The van der Waals surface area contributed by atoms with Crippen LogP contribution in [0, 0.1) is 10.1 Å². The number of nitrogens with one attached hydrogen (secondary N) is 1. The molecule has 96 valence electrons. The fourth-order valence-electron chi connectivity index (χ4n) is 1.25. The zero-order valence-electron chi connectivity index (χ0n) is 9.83. The number of carbonyl (C=O) groups excluding carboxylic acids is 1. The Morgan fingerprint density at radius 2 is 2.06 bits per heavy atom. The van der Waals surface area contributed by atoms with Gasteiger partial charge in [0.2, 0.25) is 5.91 Å². The number of hydrogen-bond donors (Lipinski definition) is 2. The van der Waals surface area contributed by atoms with E-state index in [1.807, 2.05) is 0 Å². The molecule has 0 aromatic heterocycles. The van der Waals surface area contributed by atoms with E-state index >= 15 is 0 Å². The van der Waals surface area contributed by atoms with E-state index in [4.69, 9.17) is 5.73 Å². The minimum atomic E-state index is -0.465. The van der Waals surface area contributed by atoms with Gasteiger partial charge in [0, 0.05) is 24.8 Å². The number of carbonyl (C=O) groups is 1. The van der Waals surface area contributed by atoms with Gasteiger partial charge in [-0.05, 0) is 36.7 Å². The van der Waals surface area contributed by atoms with Gasteiger partial charge in [0.05, 0.1) is 4.92 Å². The average molecular weight is 249 g/mol. The van der Waals surface area contributed by atoms with Gasteiger partial charge in [-0.1, -0.05) is 0 Å². The first-order valence-corrected chi connectivity index (χ1v) is 5.54. The molecule has 18 heavy (non-hydrogen) atoms. The molecule has 0 radical (unpaired) electrons. The van der Waals surface area contributed by atoms with Gasteiger partial charge >= 0.3 is 0 Å². The van der Waals surface area contributed by atoms with Crippen LogP contribution in [0.15, 0.2) is 30.3 Å². The molecule has 1 aromatic carbocycles. The Hall–Kier alpha value is -2.21. The van der Waals surface area contributed by atoms with E-state index in [2.05, 4.69) is 5.32 Å². The molecule has 1 aromatic rings. The van der Waals surface area contributed by atoms with Gasteiger partial charge in [-0.3, -0.25) is 14.9 Å². The highest BCUT2D eigenvalue weighted by molar-refractivity contribution is 5.91. The van der Waals surface area contributed by atoms with Crippen molar-refractivity contribution < 1.29 is 9.72 Å². The van der Waals surface area contributed by atoms with Crippen LogP contribution < -0.4 is 11.1 Å². The maximum absolute atomic E-state index is 11.3. The second-order valence-corrected chi connectivity index (χ2v) is 3.62. The summed E-state index contributed by atoms with van der Waals surface area (Å²) in [6.07, 6.45) is 3.72. The van der Waals surface area contributed by atoms with Crippen molar-refractivity contribution in [2.24, 2.45) is 5.73 Å². The van der Waals surface area contributed by atoms with Gasteiger partial charge in [-0.2, -0.15) is 0 Å². The second kappa shape index (κ2) is 7.18. The monoisotopic (exact) mass is 249 g/mol. The van der Waals surface area contributed by atoms with Crippen molar-refractivity contribution in [3.63, 3.8) is 0 Å². The zero-order valence-corrected chi connectivity index (χ0v) is 9.83. The van der Waals surface area contributed by atoms with E-state index in [-0.39, 0.29) is 11.6 Å². The molecule has 0 atom stereocenters. The number of non-ortho nitro benzene ring substituents is 1. The maximum atomic E-state index is 11.3. The van der Waals surface area contributed by atoms with Crippen LogP contribution in [0.25, 0.3) is 6.08 Å². The van der Waals surface area contributed by atoms with E-state index in [1.54, 1.807) is 18.2 Å². The van der Waals surface area contributed by atoms with Crippen molar-refractivity contribution in [2.45, 2.75) is 6.42 Å². The molecule has 0 aliphatic rings. The Morgan fingerprint density at radius 3 is 2.61 bits per heavy atom. The molecule has 0 saturated heterocycles. The van der Waals surface area contributed by atoms with Crippen molar-refractivity contribution in [3.05, 3.63) is 46.0 Å². The molecule has 0 saturated carbocycles. The highest BCUT2D eigenvalue weighted by atomic mass is 16.6. The van der Waals surface area contributed by atoms with Gasteiger partial charge in [0.25, 0.3) is 5.69 Å².